The highest BCUT2D eigenvalue weighted by molar-refractivity contribution is 6.36. The molecule has 0 aliphatic carbocycles. The third-order valence-electron chi connectivity index (χ3n) is 4.70. The van der Waals surface area contributed by atoms with Crippen LogP contribution in [0.4, 0.5) is 19.4 Å². The van der Waals surface area contributed by atoms with Gasteiger partial charge in [-0.15, -0.1) is 0 Å². The Labute approximate surface area is 168 Å². The van der Waals surface area contributed by atoms with Crippen LogP contribution < -0.4 is 4.90 Å². The summed E-state index contributed by atoms with van der Waals surface area (Å²) < 4.78 is 33.3. The second kappa shape index (κ2) is 7.35. The summed E-state index contributed by atoms with van der Waals surface area (Å²) in [5.41, 5.74) is 0.231. The predicted molar refractivity (Wildman–Crippen MR) is 106 cm³/mol. The maximum absolute atomic E-state index is 14.2. The van der Waals surface area contributed by atoms with Crippen molar-refractivity contribution in [3.05, 3.63) is 34.4 Å². The molecule has 1 aliphatic rings. The first-order valence-corrected chi connectivity index (χ1v) is 9.55. The van der Waals surface area contributed by atoms with E-state index in [1.54, 1.807) is 11.8 Å². The Morgan fingerprint density at radius 3 is 2.57 bits per heavy atom. The van der Waals surface area contributed by atoms with Gasteiger partial charge >= 0.3 is 6.09 Å². The lowest BCUT2D eigenvalue weighted by molar-refractivity contribution is 0.0158. The summed E-state index contributed by atoms with van der Waals surface area (Å²) in [5.74, 6) is -0.866. The fourth-order valence-electron chi connectivity index (χ4n) is 3.40. The number of carbonyl (C=O) groups excluding carboxylic acids is 1. The second-order valence-corrected chi connectivity index (χ2v) is 8.50. The smallest absolute Gasteiger partial charge is 0.410 e. The molecule has 1 amide bonds. The van der Waals surface area contributed by atoms with Gasteiger partial charge < -0.3 is 14.5 Å². The topological polar surface area (TPSA) is 45.7 Å². The first-order valence-electron chi connectivity index (χ1n) is 9.17. The summed E-state index contributed by atoms with van der Waals surface area (Å²) >= 11 is 6.38. The van der Waals surface area contributed by atoms with E-state index in [0.717, 1.165) is 6.07 Å². The van der Waals surface area contributed by atoms with Gasteiger partial charge in [-0.05, 0) is 34.6 Å². The Morgan fingerprint density at radius 1 is 1.29 bits per heavy atom. The van der Waals surface area contributed by atoms with Gasteiger partial charge in [0.2, 0.25) is 0 Å². The van der Waals surface area contributed by atoms with Crippen LogP contribution in [-0.2, 0) is 4.74 Å². The number of ether oxygens (including phenoxy) is 1. The number of anilines is 1. The molecule has 0 radical (unpaired) electrons. The maximum atomic E-state index is 14.2. The number of piperazine rings is 1. The molecular weight excluding hydrogens is 388 g/mol. The second-order valence-electron chi connectivity index (χ2n) is 8.12. The van der Waals surface area contributed by atoms with Crippen LogP contribution in [0.3, 0.4) is 0 Å². The van der Waals surface area contributed by atoms with E-state index in [1.165, 1.54) is 6.07 Å². The van der Waals surface area contributed by atoms with Crippen LogP contribution in [0.5, 0.6) is 0 Å². The Bertz CT molecular complexity index is 930. The number of benzene rings is 1. The Kier molecular flexibility index (Phi) is 5.40. The predicted octanol–water partition coefficient (Wildman–Crippen LogP) is 4.92. The van der Waals surface area contributed by atoms with Gasteiger partial charge in [0.25, 0.3) is 0 Å². The van der Waals surface area contributed by atoms with Crippen molar-refractivity contribution in [3.63, 3.8) is 0 Å². The van der Waals surface area contributed by atoms with E-state index >= 15 is 0 Å². The van der Waals surface area contributed by atoms with Crippen LogP contribution in [0.2, 0.25) is 5.02 Å². The zero-order valence-electron chi connectivity index (χ0n) is 16.6. The lowest BCUT2D eigenvalue weighted by Crippen LogP contribution is -2.55. The first kappa shape index (κ1) is 20.6. The number of aromatic nitrogens is 1. The average molecular weight is 412 g/mol. The molecule has 1 aliphatic heterocycles. The number of carbonyl (C=O) groups is 1. The van der Waals surface area contributed by atoms with Crippen LogP contribution in [0.15, 0.2) is 12.1 Å². The number of fused-ring (bicyclic) bond motifs is 1. The number of amides is 1. The van der Waals surface area contributed by atoms with Gasteiger partial charge in [-0.2, -0.15) is 0 Å². The monoisotopic (exact) mass is 411 g/mol. The highest BCUT2D eigenvalue weighted by Crippen LogP contribution is 2.35. The number of hydrogen-bond donors (Lipinski definition) is 0. The highest BCUT2D eigenvalue weighted by atomic mass is 35.5. The van der Waals surface area contributed by atoms with Crippen LogP contribution in [0.1, 0.15) is 33.3 Å². The Hall–Kier alpha value is -2.15. The molecule has 1 atom stereocenters. The van der Waals surface area contributed by atoms with Crippen molar-refractivity contribution in [1.29, 1.82) is 0 Å². The quantitative estimate of drug-likeness (QED) is 0.668. The minimum absolute atomic E-state index is 0.116. The molecular formula is C20H24ClF2N3O2. The molecule has 0 spiro atoms. The number of nitrogens with zero attached hydrogens (tertiary/aromatic N) is 3. The zero-order valence-corrected chi connectivity index (χ0v) is 17.4. The van der Waals surface area contributed by atoms with Gasteiger partial charge in [0.15, 0.2) is 0 Å². The van der Waals surface area contributed by atoms with Crippen molar-refractivity contribution in [2.45, 2.75) is 46.3 Å². The van der Waals surface area contributed by atoms with Crippen molar-refractivity contribution >= 4 is 34.4 Å². The summed E-state index contributed by atoms with van der Waals surface area (Å²) in [4.78, 5) is 20.5. The molecule has 3 rings (SSSR count). The molecule has 2 aromatic rings. The minimum Gasteiger partial charge on any atom is -0.444 e. The molecule has 28 heavy (non-hydrogen) atoms. The van der Waals surface area contributed by atoms with E-state index in [4.69, 9.17) is 16.3 Å². The third-order valence-corrected chi connectivity index (χ3v) is 5.17. The SMILES string of the molecule is Cc1c(N2CCN(C(=O)OC(C)(C)C)C(C)C2)nc2cc(F)cc(F)c2c1Cl. The van der Waals surface area contributed by atoms with Crippen molar-refractivity contribution in [1.82, 2.24) is 9.88 Å². The third kappa shape index (κ3) is 3.99. The molecule has 8 heteroatoms. The molecule has 0 bridgehead atoms. The normalized spacial score (nSPS) is 17.9. The standard InChI is InChI=1S/C20H24ClF2N3O2/c1-11-10-25(6-7-26(11)19(27)28-20(3,4)5)18-12(2)17(21)16-14(23)8-13(22)9-15(16)24-18/h8-9,11H,6-7,10H2,1-5H3. The van der Waals surface area contributed by atoms with Gasteiger partial charge in [0.05, 0.1) is 15.9 Å². The van der Waals surface area contributed by atoms with E-state index < -0.39 is 17.2 Å². The van der Waals surface area contributed by atoms with Crippen LogP contribution in [0, 0.1) is 18.6 Å². The molecule has 1 unspecified atom stereocenters. The van der Waals surface area contributed by atoms with Crippen molar-refractivity contribution in [2.75, 3.05) is 24.5 Å². The molecule has 0 saturated carbocycles. The Balaban J connectivity index is 1.89. The van der Waals surface area contributed by atoms with E-state index in [-0.39, 0.29) is 28.1 Å². The van der Waals surface area contributed by atoms with Crippen LogP contribution in [0.25, 0.3) is 10.9 Å². The minimum atomic E-state index is -0.731. The zero-order chi connectivity index (χ0) is 20.8. The van der Waals surface area contributed by atoms with E-state index in [1.807, 2.05) is 32.6 Å². The van der Waals surface area contributed by atoms with Crippen molar-refractivity contribution in [2.24, 2.45) is 0 Å². The molecule has 2 heterocycles. The maximum Gasteiger partial charge on any atom is 0.410 e. The highest BCUT2D eigenvalue weighted by Gasteiger charge is 2.32. The molecule has 1 saturated heterocycles. The lowest BCUT2D eigenvalue weighted by atomic mass is 10.1. The van der Waals surface area contributed by atoms with Crippen molar-refractivity contribution in [3.8, 4) is 0 Å². The van der Waals surface area contributed by atoms with Gasteiger partial charge in [-0.3, -0.25) is 0 Å². The van der Waals surface area contributed by atoms with E-state index in [2.05, 4.69) is 4.98 Å². The number of pyridine rings is 1. The summed E-state index contributed by atoms with van der Waals surface area (Å²) in [6, 6.07) is 1.85. The van der Waals surface area contributed by atoms with Gasteiger partial charge in [-0.25, -0.2) is 18.6 Å². The first-order chi connectivity index (χ1) is 13.0. The summed E-state index contributed by atoms with van der Waals surface area (Å²) in [6.45, 7) is 10.6. The molecule has 1 aromatic carbocycles. The molecule has 1 fully saturated rings. The van der Waals surface area contributed by atoms with E-state index in [9.17, 15) is 13.6 Å². The molecule has 1 aromatic heterocycles. The fraction of sp³-hybridized carbons (Fsp3) is 0.500. The number of rotatable bonds is 1. The molecule has 5 nitrogen and oxygen atoms in total. The summed E-state index contributed by atoms with van der Waals surface area (Å²) in [7, 11) is 0. The molecule has 0 N–H and O–H groups in total. The van der Waals surface area contributed by atoms with Gasteiger partial charge in [0, 0.05) is 43.4 Å². The summed E-state index contributed by atoms with van der Waals surface area (Å²) in [6.07, 6.45) is -0.356. The largest absolute Gasteiger partial charge is 0.444 e. The van der Waals surface area contributed by atoms with Gasteiger partial charge in [0.1, 0.15) is 23.1 Å². The molecule has 152 valence electrons. The summed E-state index contributed by atoms with van der Waals surface area (Å²) in [5, 5.41) is 0.337. The average Bonchev–Trinajstić information content (AvgIpc) is 2.55. The fourth-order valence-corrected chi connectivity index (χ4v) is 3.67. The van der Waals surface area contributed by atoms with E-state index in [0.29, 0.717) is 31.0 Å². The van der Waals surface area contributed by atoms with Crippen LogP contribution in [-0.4, -0.2) is 47.3 Å². The lowest BCUT2D eigenvalue weighted by Gasteiger charge is -2.41. The Morgan fingerprint density at radius 2 is 1.96 bits per heavy atom. The van der Waals surface area contributed by atoms with Crippen molar-refractivity contribution < 1.29 is 18.3 Å². The number of halogens is 3. The number of hydrogen-bond acceptors (Lipinski definition) is 4. The van der Waals surface area contributed by atoms with Gasteiger partial charge in [-0.1, -0.05) is 11.6 Å². The van der Waals surface area contributed by atoms with Crippen LogP contribution >= 0.6 is 11.6 Å².